The van der Waals surface area contributed by atoms with Gasteiger partial charge >= 0.3 is 6.18 Å². The van der Waals surface area contributed by atoms with Crippen LogP contribution in [0.5, 0.6) is 0 Å². The third-order valence-electron chi connectivity index (χ3n) is 3.67. The van der Waals surface area contributed by atoms with Crippen molar-refractivity contribution >= 4 is 38.8 Å². The fourth-order valence-electron chi connectivity index (χ4n) is 2.34. The molecule has 1 amide bonds. The van der Waals surface area contributed by atoms with Crippen LogP contribution in [0.2, 0.25) is 0 Å². The van der Waals surface area contributed by atoms with Gasteiger partial charge in [0.25, 0.3) is 5.91 Å². The summed E-state index contributed by atoms with van der Waals surface area (Å²) in [7, 11) is 3.30. The first-order chi connectivity index (χ1) is 11.8. The molecule has 4 nitrogen and oxygen atoms in total. The minimum absolute atomic E-state index is 0.271. The topological polar surface area (TPSA) is 45.2 Å². The molecule has 3 rings (SSSR count). The number of halogens is 3. The van der Waals surface area contributed by atoms with Gasteiger partial charge in [0, 0.05) is 25.3 Å². The Labute approximate surface area is 145 Å². The van der Waals surface area contributed by atoms with Crippen LogP contribution in [0.3, 0.4) is 0 Å². The molecule has 0 saturated heterocycles. The van der Waals surface area contributed by atoms with Crippen molar-refractivity contribution in [3.8, 4) is 0 Å². The van der Waals surface area contributed by atoms with Crippen LogP contribution >= 0.6 is 11.3 Å². The van der Waals surface area contributed by atoms with E-state index in [2.05, 4.69) is 10.3 Å². The number of benzene rings is 2. The van der Waals surface area contributed by atoms with E-state index in [9.17, 15) is 18.0 Å². The molecule has 130 valence electrons. The maximum absolute atomic E-state index is 13.3. The van der Waals surface area contributed by atoms with E-state index in [0.29, 0.717) is 5.69 Å². The Morgan fingerprint density at radius 2 is 1.92 bits per heavy atom. The van der Waals surface area contributed by atoms with Crippen molar-refractivity contribution in [1.82, 2.24) is 4.98 Å². The van der Waals surface area contributed by atoms with E-state index in [4.69, 9.17) is 0 Å². The zero-order valence-electron chi connectivity index (χ0n) is 13.4. The summed E-state index contributed by atoms with van der Waals surface area (Å²) in [5.41, 5.74) is 1.91. The smallest absolute Gasteiger partial charge is 0.378 e. The first-order valence-electron chi connectivity index (χ1n) is 7.29. The van der Waals surface area contributed by atoms with Crippen LogP contribution in [-0.2, 0) is 6.18 Å². The number of thiazole rings is 1. The molecule has 0 spiro atoms. The lowest BCUT2D eigenvalue weighted by Gasteiger charge is -2.18. The second-order valence-electron chi connectivity index (χ2n) is 5.61. The Hall–Kier alpha value is -2.61. The van der Waals surface area contributed by atoms with E-state index in [1.54, 1.807) is 42.7 Å². The number of aromatic nitrogens is 1. The van der Waals surface area contributed by atoms with Crippen LogP contribution in [-0.4, -0.2) is 25.0 Å². The molecule has 0 radical (unpaired) electrons. The monoisotopic (exact) mass is 365 g/mol. The molecule has 1 N–H and O–H groups in total. The summed E-state index contributed by atoms with van der Waals surface area (Å²) >= 11 is 1.36. The van der Waals surface area contributed by atoms with Gasteiger partial charge in [-0.15, -0.1) is 11.3 Å². The Bertz CT molecular complexity index is 934. The molecule has 25 heavy (non-hydrogen) atoms. The van der Waals surface area contributed by atoms with Crippen LogP contribution in [0, 0.1) is 0 Å². The Morgan fingerprint density at radius 1 is 1.16 bits per heavy atom. The van der Waals surface area contributed by atoms with Crippen molar-refractivity contribution in [3.05, 3.63) is 53.0 Å². The van der Waals surface area contributed by atoms with Crippen molar-refractivity contribution in [2.75, 3.05) is 24.3 Å². The van der Waals surface area contributed by atoms with Gasteiger partial charge in [-0.2, -0.15) is 13.2 Å². The molecule has 0 atom stereocenters. The molecular formula is C17H14F3N3OS. The van der Waals surface area contributed by atoms with Gasteiger partial charge in [-0.1, -0.05) is 0 Å². The summed E-state index contributed by atoms with van der Waals surface area (Å²) < 4.78 is 40.8. The highest BCUT2D eigenvalue weighted by Crippen LogP contribution is 2.37. The number of fused-ring (bicyclic) bond motifs is 1. The number of alkyl halides is 3. The Kier molecular flexibility index (Phi) is 4.38. The lowest BCUT2D eigenvalue weighted by molar-refractivity contribution is -0.136. The van der Waals surface area contributed by atoms with Crippen LogP contribution in [0.4, 0.5) is 24.5 Å². The van der Waals surface area contributed by atoms with Crippen molar-refractivity contribution in [2.45, 2.75) is 6.18 Å². The number of nitrogens with zero attached hydrogens (tertiary/aromatic N) is 2. The average molecular weight is 365 g/mol. The molecule has 0 aliphatic carbocycles. The molecule has 0 fully saturated rings. The van der Waals surface area contributed by atoms with Gasteiger partial charge in [0.15, 0.2) is 0 Å². The lowest BCUT2D eigenvalue weighted by Crippen LogP contribution is -2.18. The van der Waals surface area contributed by atoms with Crippen LogP contribution in [0.25, 0.3) is 10.2 Å². The molecule has 1 aromatic heterocycles. The molecule has 8 heteroatoms. The highest BCUT2D eigenvalue weighted by Gasteiger charge is 2.34. The maximum Gasteiger partial charge on any atom is 0.418 e. The van der Waals surface area contributed by atoms with E-state index in [-0.39, 0.29) is 11.3 Å². The molecule has 2 aromatic carbocycles. The third kappa shape index (κ3) is 3.58. The Balaban J connectivity index is 1.94. The molecule has 1 heterocycles. The number of nitrogens with one attached hydrogen (secondary N) is 1. The zero-order chi connectivity index (χ0) is 18.2. The van der Waals surface area contributed by atoms with Crippen LogP contribution < -0.4 is 10.2 Å². The van der Waals surface area contributed by atoms with Gasteiger partial charge in [-0.05, 0) is 36.4 Å². The Morgan fingerprint density at radius 3 is 2.60 bits per heavy atom. The number of hydrogen-bond acceptors (Lipinski definition) is 4. The molecular weight excluding hydrogens is 351 g/mol. The van der Waals surface area contributed by atoms with Gasteiger partial charge in [0.2, 0.25) is 0 Å². The molecule has 0 aliphatic rings. The average Bonchev–Trinajstić information content (AvgIpc) is 3.01. The first kappa shape index (κ1) is 17.2. The number of carbonyl (C=O) groups excluding carboxylic acids is 1. The van der Waals surface area contributed by atoms with Crippen molar-refractivity contribution in [3.63, 3.8) is 0 Å². The number of hydrogen-bond donors (Lipinski definition) is 1. The largest absolute Gasteiger partial charge is 0.418 e. The van der Waals surface area contributed by atoms with Gasteiger partial charge in [-0.25, -0.2) is 4.98 Å². The lowest BCUT2D eigenvalue weighted by atomic mass is 10.1. The molecule has 0 bridgehead atoms. The summed E-state index contributed by atoms with van der Waals surface area (Å²) in [4.78, 5) is 18.1. The van der Waals surface area contributed by atoms with Gasteiger partial charge < -0.3 is 10.2 Å². The SMILES string of the molecule is CN(C)c1ccc(NC(=O)c2ccc3ncsc3c2)c(C(F)(F)F)c1. The molecule has 0 unspecified atom stereocenters. The van der Waals surface area contributed by atoms with Crippen LogP contribution in [0.15, 0.2) is 41.9 Å². The van der Waals surface area contributed by atoms with Gasteiger partial charge in [-0.3, -0.25) is 4.79 Å². The van der Waals surface area contributed by atoms with Gasteiger partial charge in [0.1, 0.15) is 0 Å². The normalized spacial score (nSPS) is 11.6. The van der Waals surface area contributed by atoms with Crippen molar-refractivity contribution in [1.29, 1.82) is 0 Å². The number of rotatable bonds is 3. The second-order valence-corrected chi connectivity index (χ2v) is 6.50. The predicted octanol–water partition coefficient (Wildman–Crippen LogP) is 4.63. The second kappa shape index (κ2) is 6.36. The fraction of sp³-hybridized carbons (Fsp3) is 0.176. The molecule has 0 saturated carbocycles. The van der Waals surface area contributed by atoms with Crippen molar-refractivity contribution < 1.29 is 18.0 Å². The summed E-state index contributed by atoms with van der Waals surface area (Å²) in [5, 5.41) is 2.36. The molecule has 3 aromatic rings. The van der Waals surface area contributed by atoms with E-state index < -0.39 is 17.6 Å². The summed E-state index contributed by atoms with van der Waals surface area (Å²) in [6.07, 6.45) is -4.57. The summed E-state index contributed by atoms with van der Waals surface area (Å²) in [6, 6.07) is 8.63. The number of amides is 1. The quantitative estimate of drug-likeness (QED) is 0.736. The zero-order valence-corrected chi connectivity index (χ0v) is 14.2. The minimum Gasteiger partial charge on any atom is -0.378 e. The molecule has 0 aliphatic heterocycles. The third-order valence-corrected chi connectivity index (χ3v) is 4.46. The number of anilines is 2. The fourth-order valence-corrected chi connectivity index (χ4v) is 3.06. The highest BCUT2D eigenvalue weighted by atomic mass is 32.1. The van der Waals surface area contributed by atoms with Crippen LogP contribution in [0.1, 0.15) is 15.9 Å². The van der Waals surface area contributed by atoms with E-state index in [1.165, 1.54) is 23.5 Å². The summed E-state index contributed by atoms with van der Waals surface area (Å²) in [5.74, 6) is -0.599. The minimum atomic E-state index is -4.57. The standard InChI is InChI=1S/C17H14F3N3OS/c1-23(2)11-4-6-13(12(8-11)17(18,19)20)22-16(24)10-3-5-14-15(7-10)25-9-21-14/h3-9H,1-2H3,(H,22,24). The summed E-state index contributed by atoms with van der Waals surface area (Å²) in [6.45, 7) is 0. The highest BCUT2D eigenvalue weighted by molar-refractivity contribution is 7.16. The van der Waals surface area contributed by atoms with E-state index in [0.717, 1.165) is 16.3 Å². The first-order valence-corrected chi connectivity index (χ1v) is 8.17. The maximum atomic E-state index is 13.3. The number of carbonyl (C=O) groups is 1. The van der Waals surface area contributed by atoms with Gasteiger partial charge in [0.05, 0.1) is 27.0 Å². The van der Waals surface area contributed by atoms with Crippen molar-refractivity contribution in [2.24, 2.45) is 0 Å². The van der Waals surface area contributed by atoms with E-state index in [1.807, 2.05) is 0 Å². The van der Waals surface area contributed by atoms with E-state index >= 15 is 0 Å². The predicted molar refractivity (Wildman–Crippen MR) is 93.3 cm³/mol.